The lowest BCUT2D eigenvalue weighted by atomic mass is 9.99. The number of esters is 1. The van der Waals surface area contributed by atoms with E-state index in [4.69, 9.17) is 9.72 Å². The number of carbonyl (C=O) groups excluding carboxylic acids is 3. The largest absolute Gasteiger partial charge is 0.449 e. The molecule has 2 amide bonds. The Morgan fingerprint density at radius 3 is 2.24 bits per heavy atom. The van der Waals surface area contributed by atoms with Crippen LogP contribution in [0.15, 0.2) is 84.9 Å². The number of amides is 2. The highest BCUT2D eigenvalue weighted by Crippen LogP contribution is 2.36. The topological polar surface area (TPSA) is 97.4 Å². The lowest BCUT2D eigenvalue weighted by Crippen LogP contribution is -2.32. The first-order valence-electron chi connectivity index (χ1n) is 12.2. The fraction of sp³-hybridized carbons (Fsp3) is 0.133. The van der Waals surface area contributed by atoms with Crippen LogP contribution in [0.5, 0.6) is 0 Å². The van der Waals surface area contributed by atoms with Gasteiger partial charge in [0.1, 0.15) is 5.01 Å². The highest BCUT2D eigenvalue weighted by molar-refractivity contribution is 7.21. The Hall–Kier alpha value is -4.56. The summed E-state index contributed by atoms with van der Waals surface area (Å²) in [5.74, 6) is -1.19. The van der Waals surface area contributed by atoms with E-state index in [1.807, 2.05) is 48.5 Å². The molecule has 0 aliphatic heterocycles. The number of benzene rings is 4. The molecule has 4 aromatic carbocycles. The fourth-order valence-corrected chi connectivity index (χ4v) is 5.25. The SMILES string of the molecule is CCC(OC(=O)c1cccc2cccc(-c3nc4ccccc4s3)c12)C(=O)Nc1ccc(NC(C)=O)cc1. The Bertz CT molecular complexity index is 1620. The van der Waals surface area contributed by atoms with E-state index in [1.165, 1.54) is 6.92 Å². The van der Waals surface area contributed by atoms with Gasteiger partial charge in [-0.3, -0.25) is 9.59 Å². The van der Waals surface area contributed by atoms with Crippen molar-refractivity contribution in [3.63, 3.8) is 0 Å². The maximum Gasteiger partial charge on any atom is 0.339 e. The summed E-state index contributed by atoms with van der Waals surface area (Å²) in [6.45, 7) is 3.21. The monoisotopic (exact) mass is 523 g/mol. The van der Waals surface area contributed by atoms with Crippen LogP contribution in [0.4, 0.5) is 11.4 Å². The quantitative estimate of drug-likeness (QED) is 0.233. The van der Waals surface area contributed by atoms with Crippen molar-refractivity contribution in [2.75, 3.05) is 10.6 Å². The molecule has 190 valence electrons. The molecule has 0 radical (unpaired) electrons. The smallest absolute Gasteiger partial charge is 0.339 e. The van der Waals surface area contributed by atoms with Crippen molar-refractivity contribution in [2.45, 2.75) is 26.4 Å². The van der Waals surface area contributed by atoms with Gasteiger partial charge < -0.3 is 15.4 Å². The van der Waals surface area contributed by atoms with Crippen LogP contribution in [0.1, 0.15) is 30.6 Å². The molecule has 0 spiro atoms. The first-order valence-corrected chi connectivity index (χ1v) is 13.0. The maximum atomic E-state index is 13.4. The number of fused-ring (bicyclic) bond motifs is 2. The molecule has 5 rings (SSSR count). The average Bonchev–Trinajstić information content (AvgIpc) is 3.36. The van der Waals surface area contributed by atoms with E-state index in [0.29, 0.717) is 23.4 Å². The fourth-order valence-electron chi connectivity index (χ4n) is 4.25. The summed E-state index contributed by atoms with van der Waals surface area (Å²) in [4.78, 5) is 42.4. The molecular weight excluding hydrogens is 498 g/mol. The van der Waals surface area contributed by atoms with Gasteiger partial charge in [0.25, 0.3) is 5.91 Å². The van der Waals surface area contributed by atoms with Crippen molar-refractivity contribution in [2.24, 2.45) is 0 Å². The summed E-state index contributed by atoms with van der Waals surface area (Å²) in [6.07, 6.45) is -0.681. The van der Waals surface area contributed by atoms with Gasteiger partial charge in [0.05, 0.1) is 15.8 Å². The predicted molar refractivity (Wildman–Crippen MR) is 151 cm³/mol. The molecule has 0 fully saturated rings. The summed E-state index contributed by atoms with van der Waals surface area (Å²) in [5.41, 5.74) is 3.27. The Kier molecular flexibility index (Phi) is 7.15. The lowest BCUT2D eigenvalue weighted by Gasteiger charge is -2.17. The minimum absolute atomic E-state index is 0.181. The average molecular weight is 524 g/mol. The molecule has 1 unspecified atom stereocenters. The van der Waals surface area contributed by atoms with Crippen molar-refractivity contribution in [1.82, 2.24) is 4.98 Å². The molecular formula is C30H25N3O4S. The minimum Gasteiger partial charge on any atom is -0.449 e. The van der Waals surface area contributed by atoms with Crippen LogP contribution < -0.4 is 10.6 Å². The van der Waals surface area contributed by atoms with Crippen molar-refractivity contribution >= 4 is 61.5 Å². The Labute approximate surface area is 223 Å². The highest BCUT2D eigenvalue weighted by Gasteiger charge is 2.24. The normalized spacial score (nSPS) is 11.7. The first kappa shape index (κ1) is 25.1. The van der Waals surface area contributed by atoms with Crippen molar-refractivity contribution < 1.29 is 19.1 Å². The number of hydrogen-bond donors (Lipinski definition) is 2. The van der Waals surface area contributed by atoms with Gasteiger partial charge in [-0.1, -0.05) is 49.4 Å². The number of hydrogen-bond acceptors (Lipinski definition) is 6. The third kappa shape index (κ3) is 5.26. The van der Waals surface area contributed by atoms with E-state index in [2.05, 4.69) is 10.6 Å². The summed E-state index contributed by atoms with van der Waals surface area (Å²) >= 11 is 1.56. The molecule has 0 bridgehead atoms. The van der Waals surface area contributed by atoms with Crippen LogP contribution in [-0.4, -0.2) is 28.9 Å². The molecule has 38 heavy (non-hydrogen) atoms. The van der Waals surface area contributed by atoms with E-state index >= 15 is 0 Å². The minimum atomic E-state index is -0.984. The number of para-hydroxylation sites is 1. The second-order valence-corrected chi connectivity index (χ2v) is 9.78. The number of rotatable bonds is 7. The Balaban J connectivity index is 1.40. The van der Waals surface area contributed by atoms with Crippen molar-refractivity contribution in [1.29, 1.82) is 0 Å². The number of aromatic nitrogens is 1. The standard InChI is InChI=1S/C30H25N3O4S/c1-3-25(28(35)32-21-16-14-20(15-17-21)31-18(2)34)37-30(36)23-11-7-9-19-8-6-10-22(27(19)23)29-33-24-12-4-5-13-26(24)38-29/h4-17,25H,3H2,1-2H3,(H,31,34)(H,32,35). The van der Waals surface area contributed by atoms with Crippen LogP contribution in [0, 0.1) is 0 Å². The van der Waals surface area contributed by atoms with Gasteiger partial charge in [0.15, 0.2) is 6.10 Å². The van der Waals surface area contributed by atoms with Crippen LogP contribution in [0.2, 0.25) is 0 Å². The van der Waals surface area contributed by atoms with Crippen LogP contribution >= 0.6 is 11.3 Å². The third-order valence-corrected chi connectivity index (χ3v) is 7.10. The maximum absolute atomic E-state index is 13.4. The molecule has 8 heteroatoms. The molecule has 0 saturated heterocycles. The van der Waals surface area contributed by atoms with Crippen LogP contribution in [-0.2, 0) is 14.3 Å². The zero-order valence-corrected chi connectivity index (χ0v) is 21.7. The number of ether oxygens (including phenoxy) is 1. The molecule has 0 saturated carbocycles. The highest BCUT2D eigenvalue weighted by atomic mass is 32.1. The molecule has 1 heterocycles. The number of nitrogens with zero attached hydrogens (tertiary/aromatic N) is 1. The van der Waals surface area contributed by atoms with Gasteiger partial charge in [0, 0.05) is 29.2 Å². The predicted octanol–water partition coefficient (Wildman–Crippen LogP) is 6.65. The molecule has 5 aromatic rings. The van der Waals surface area contributed by atoms with E-state index in [9.17, 15) is 14.4 Å². The summed E-state index contributed by atoms with van der Waals surface area (Å²) in [5, 5.41) is 7.89. The van der Waals surface area contributed by atoms with Gasteiger partial charge in [-0.05, 0) is 54.3 Å². The van der Waals surface area contributed by atoms with Gasteiger partial charge in [-0.2, -0.15) is 0 Å². The summed E-state index contributed by atoms with van der Waals surface area (Å²) in [7, 11) is 0. The van der Waals surface area contributed by atoms with E-state index in [-0.39, 0.29) is 5.91 Å². The Morgan fingerprint density at radius 2 is 1.55 bits per heavy atom. The van der Waals surface area contributed by atoms with Gasteiger partial charge in [-0.15, -0.1) is 11.3 Å². The first-order chi connectivity index (χ1) is 18.4. The van der Waals surface area contributed by atoms with E-state index in [1.54, 1.807) is 54.7 Å². The number of anilines is 2. The van der Waals surface area contributed by atoms with E-state index in [0.717, 1.165) is 31.6 Å². The van der Waals surface area contributed by atoms with Gasteiger partial charge in [0.2, 0.25) is 5.91 Å². The molecule has 7 nitrogen and oxygen atoms in total. The van der Waals surface area contributed by atoms with Gasteiger partial charge in [-0.25, -0.2) is 9.78 Å². The van der Waals surface area contributed by atoms with Crippen molar-refractivity contribution in [3.05, 3.63) is 90.5 Å². The Morgan fingerprint density at radius 1 is 0.868 bits per heavy atom. The third-order valence-electron chi connectivity index (χ3n) is 6.03. The zero-order valence-electron chi connectivity index (χ0n) is 20.9. The number of carbonyl (C=O) groups is 3. The molecule has 0 aliphatic carbocycles. The number of thiazole rings is 1. The lowest BCUT2D eigenvalue weighted by molar-refractivity contribution is -0.124. The van der Waals surface area contributed by atoms with Crippen LogP contribution in [0.25, 0.3) is 31.6 Å². The van der Waals surface area contributed by atoms with Crippen molar-refractivity contribution in [3.8, 4) is 10.6 Å². The van der Waals surface area contributed by atoms with Crippen LogP contribution in [0.3, 0.4) is 0 Å². The second-order valence-electron chi connectivity index (χ2n) is 8.75. The molecule has 1 atom stereocenters. The summed E-state index contributed by atoms with van der Waals surface area (Å²) < 4.78 is 6.79. The summed E-state index contributed by atoms with van der Waals surface area (Å²) in [6, 6.07) is 25.9. The van der Waals surface area contributed by atoms with Gasteiger partial charge >= 0.3 is 5.97 Å². The number of nitrogens with one attached hydrogen (secondary N) is 2. The van der Waals surface area contributed by atoms with E-state index < -0.39 is 18.0 Å². The molecule has 0 aliphatic rings. The molecule has 1 aromatic heterocycles. The zero-order chi connectivity index (χ0) is 26.6. The second kappa shape index (κ2) is 10.8. The molecule has 2 N–H and O–H groups in total.